The Morgan fingerprint density at radius 2 is 1.86 bits per heavy atom. The standard InChI is InChI=1S/C10H19NO3/c1-6-10(5,9(13)14)11(7(2)3)8(4)12/h7H,6H2,1-5H3,(H,13,14). The van der Waals surface area contributed by atoms with Gasteiger partial charge in [-0.3, -0.25) is 4.79 Å². The van der Waals surface area contributed by atoms with E-state index >= 15 is 0 Å². The molecule has 0 saturated heterocycles. The number of nitrogens with zero attached hydrogens (tertiary/aromatic N) is 1. The molecule has 0 aliphatic rings. The molecule has 0 aliphatic heterocycles. The Balaban J connectivity index is 5.14. The van der Waals surface area contributed by atoms with E-state index in [1.54, 1.807) is 13.8 Å². The van der Waals surface area contributed by atoms with Gasteiger partial charge < -0.3 is 10.0 Å². The summed E-state index contributed by atoms with van der Waals surface area (Å²) in [6.07, 6.45) is 0.403. The highest BCUT2D eigenvalue weighted by Crippen LogP contribution is 2.22. The molecule has 4 nitrogen and oxygen atoms in total. The largest absolute Gasteiger partial charge is 0.480 e. The maximum Gasteiger partial charge on any atom is 0.329 e. The van der Waals surface area contributed by atoms with E-state index in [9.17, 15) is 9.59 Å². The molecule has 1 amide bonds. The number of amides is 1. The minimum atomic E-state index is -1.10. The first-order valence-corrected chi connectivity index (χ1v) is 4.80. The molecule has 14 heavy (non-hydrogen) atoms. The Morgan fingerprint density at radius 3 is 1.93 bits per heavy atom. The van der Waals surface area contributed by atoms with Crippen LogP contribution < -0.4 is 0 Å². The summed E-state index contributed by atoms with van der Waals surface area (Å²) in [7, 11) is 0. The van der Waals surface area contributed by atoms with Gasteiger partial charge in [0, 0.05) is 13.0 Å². The average molecular weight is 201 g/mol. The monoisotopic (exact) mass is 201 g/mol. The van der Waals surface area contributed by atoms with Crippen LogP contribution in [0.25, 0.3) is 0 Å². The molecule has 0 radical (unpaired) electrons. The normalized spacial score (nSPS) is 15.0. The number of rotatable bonds is 4. The summed E-state index contributed by atoms with van der Waals surface area (Å²) < 4.78 is 0. The van der Waals surface area contributed by atoms with E-state index in [2.05, 4.69) is 0 Å². The van der Waals surface area contributed by atoms with Gasteiger partial charge in [-0.05, 0) is 27.2 Å². The number of carboxylic acid groups (broad SMARTS) is 1. The van der Waals surface area contributed by atoms with E-state index in [1.165, 1.54) is 11.8 Å². The molecule has 0 bridgehead atoms. The van der Waals surface area contributed by atoms with Crippen LogP contribution in [-0.4, -0.2) is 33.5 Å². The third kappa shape index (κ3) is 2.25. The molecule has 0 aromatic heterocycles. The second-order valence-corrected chi connectivity index (χ2v) is 3.92. The smallest absolute Gasteiger partial charge is 0.329 e. The first kappa shape index (κ1) is 12.9. The minimum absolute atomic E-state index is 0.103. The third-order valence-electron chi connectivity index (χ3n) is 2.54. The highest BCUT2D eigenvalue weighted by atomic mass is 16.4. The first-order chi connectivity index (χ1) is 6.27. The van der Waals surface area contributed by atoms with Gasteiger partial charge in [0.2, 0.25) is 5.91 Å². The second-order valence-electron chi connectivity index (χ2n) is 3.92. The maximum atomic E-state index is 11.4. The molecule has 82 valence electrons. The van der Waals surface area contributed by atoms with E-state index in [0.29, 0.717) is 6.42 Å². The van der Waals surface area contributed by atoms with Crippen LogP contribution >= 0.6 is 0 Å². The molecule has 1 unspecified atom stereocenters. The Hall–Kier alpha value is -1.06. The fraction of sp³-hybridized carbons (Fsp3) is 0.800. The number of aliphatic carboxylic acids is 1. The molecule has 4 heteroatoms. The van der Waals surface area contributed by atoms with Crippen molar-refractivity contribution in [2.75, 3.05) is 0 Å². The highest BCUT2D eigenvalue weighted by Gasteiger charge is 2.40. The average Bonchev–Trinajstić information content (AvgIpc) is 2.02. The molecule has 0 fully saturated rings. The summed E-state index contributed by atoms with van der Waals surface area (Å²) >= 11 is 0. The summed E-state index contributed by atoms with van der Waals surface area (Å²) in [5.74, 6) is -1.16. The molecule has 0 saturated carbocycles. The van der Waals surface area contributed by atoms with E-state index < -0.39 is 11.5 Å². The van der Waals surface area contributed by atoms with Crippen LogP contribution in [0, 0.1) is 0 Å². The van der Waals surface area contributed by atoms with Crippen molar-refractivity contribution in [3.63, 3.8) is 0 Å². The van der Waals surface area contributed by atoms with Crippen LogP contribution in [0.2, 0.25) is 0 Å². The van der Waals surface area contributed by atoms with Crippen molar-refractivity contribution < 1.29 is 14.7 Å². The number of carbonyl (C=O) groups excluding carboxylic acids is 1. The third-order valence-corrected chi connectivity index (χ3v) is 2.54. The second kappa shape index (κ2) is 4.44. The van der Waals surface area contributed by atoms with Gasteiger partial charge in [-0.15, -0.1) is 0 Å². The van der Waals surface area contributed by atoms with Crippen LogP contribution in [0.1, 0.15) is 41.0 Å². The molecular formula is C10H19NO3. The Kier molecular flexibility index (Phi) is 4.10. The number of carbonyl (C=O) groups is 2. The van der Waals surface area contributed by atoms with E-state index in [1.807, 2.05) is 13.8 Å². The van der Waals surface area contributed by atoms with Gasteiger partial charge in [0.1, 0.15) is 5.54 Å². The van der Waals surface area contributed by atoms with Crippen LogP contribution in [0.5, 0.6) is 0 Å². The number of hydrogen-bond donors (Lipinski definition) is 1. The Morgan fingerprint density at radius 1 is 1.43 bits per heavy atom. The summed E-state index contributed by atoms with van der Waals surface area (Å²) in [6.45, 7) is 8.39. The molecule has 0 aromatic rings. The lowest BCUT2D eigenvalue weighted by Gasteiger charge is -2.39. The Labute approximate surface area is 84.9 Å². The lowest BCUT2D eigenvalue weighted by Crippen LogP contribution is -2.56. The molecule has 0 heterocycles. The minimum Gasteiger partial charge on any atom is -0.480 e. The number of carboxylic acids is 1. The van der Waals surface area contributed by atoms with E-state index in [0.717, 1.165) is 0 Å². The zero-order valence-electron chi connectivity index (χ0n) is 9.50. The molecule has 1 N–H and O–H groups in total. The lowest BCUT2D eigenvalue weighted by molar-refractivity contribution is -0.159. The van der Waals surface area contributed by atoms with Gasteiger partial charge in [0.05, 0.1) is 0 Å². The topological polar surface area (TPSA) is 57.6 Å². The van der Waals surface area contributed by atoms with Crippen molar-refractivity contribution in [2.45, 2.75) is 52.6 Å². The van der Waals surface area contributed by atoms with Crippen LogP contribution in [0.15, 0.2) is 0 Å². The van der Waals surface area contributed by atoms with Crippen molar-refractivity contribution in [3.05, 3.63) is 0 Å². The van der Waals surface area contributed by atoms with E-state index in [-0.39, 0.29) is 11.9 Å². The van der Waals surface area contributed by atoms with Crippen molar-refractivity contribution >= 4 is 11.9 Å². The molecule has 1 atom stereocenters. The predicted molar refractivity (Wildman–Crippen MR) is 54.0 cm³/mol. The molecule has 0 aliphatic carbocycles. The quantitative estimate of drug-likeness (QED) is 0.749. The zero-order valence-corrected chi connectivity index (χ0v) is 9.50. The maximum absolute atomic E-state index is 11.4. The Bertz CT molecular complexity index is 238. The SMILES string of the molecule is CCC(C)(C(=O)O)N(C(C)=O)C(C)C. The predicted octanol–water partition coefficient (Wildman–Crippen LogP) is 1.50. The molecular weight excluding hydrogens is 182 g/mol. The zero-order chi connectivity index (χ0) is 11.5. The van der Waals surface area contributed by atoms with Crippen LogP contribution in [0.3, 0.4) is 0 Å². The van der Waals surface area contributed by atoms with Gasteiger partial charge in [0.15, 0.2) is 0 Å². The van der Waals surface area contributed by atoms with Crippen molar-refractivity contribution in [1.82, 2.24) is 4.90 Å². The van der Waals surface area contributed by atoms with Crippen molar-refractivity contribution in [2.24, 2.45) is 0 Å². The fourth-order valence-corrected chi connectivity index (χ4v) is 1.71. The van der Waals surface area contributed by atoms with Gasteiger partial charge in [-0.1, -0.05) is 6.92 Å². The summed E-state index contributed by atoms with van der Waals surface area (Å²) in [5.41, 5.74) is -1.10. The van der Waals surface area contributed by atoms with E-state index in [4.69, 9.17) is 5.11 Å². The molecule has 0 rings (SSSR count). The van der Waals surface area contributed by atoms with Crippen molar-refractivity contribution in [3.8, 4) is 0 Å². The van der Waals surface area contributed by atoms with Gasteiger partial charge in [-0.25, -0.2) is 4.79 Å². The van der Waals surface area contributed by atoms with Crippen LogP contribution in [-0.2, 0) is 9.59 Å². The summed E-state index contributed by atoms with van der Waals surface area (Å²) in [5, 5.41) is 9.11. The van der Waals surface area contributed by atoms with Gasteiger partial charge >= 0.3 is 5.97 Å². The summed E-state index contributed by atoms with van der Waals surface area (Å²) in [6, 6.07) is -0.103. The van der Waals surface area contributed by atoms with Crippen LogP contribution in [0.4, 0.5) is 0 Å². The van der Waals surface area contributed by atoms with Crippen molar-refractivity contribution in [1.29, 1.82) is 0 Å². The molecule has 0 spiro atoms. The molecule has 0 aromatic carbocycles. The highest BCUT2D eigenvalue weighted by molar-refractivity contribution is 5.85. The lowest BCUT2D eigenvalue weighted by atomic mass is 9.95. The van der Waals surface area contributed by atoms with Gasteiger partial charge in [-0.2, -0.15) is 0 Å². The number of hydrogen-bond acceptors (Lipinski definition) is 2. The fourth-order valence-electron chi connectivity index (χ4n) is 1.71. The summed E-state index contributed by atoms with van der Waals surface area (Å²) in [4.78, 5) is 23.9. The first-order valence-electron chi connectivity index (χ1n) is 4.80. The van der Waals surface area contributed by atoms with Gasteiger partial charge in [0.25, 0.3) is 0 Å².